The molecule has 1 heterocycles. The van der Waals surface area contributed by atoms with Crippen LogP contribution in [0.15, 0.2) is 48.5 Å². The molecule has 1 atom stereocenters. The molecule has 0 bridgehead atoms. The number of nitrogens with zero attached hydrogens (tertiary/aromatic N) is 2. The third kappa shape index (κ3) is 2.82. The maximum absolute atomic E-state index is 12.9. The van der Waals surface area contributed by atoms with Gasteiger partial charge in [-0.15, -0.1) is 0 Å². The van der Waals surface area contributed by atoms with Gasteiger partial charge in [-0.3, -0.25) is 5.10 Å². The predicted octanol–water partition coefficient (Wildman–Crippen LogP) is 2.67. The van der Waals surface area contributed by atoms with Crippen LogP contribution in [0.3, 0.4) is 0 Å². The molecule has 0 fully saturated rings. The second-order valence-corrected chi connectivity index (χ2v) is 4.81. The first kappa shape index (κ1) is 14.2. The van der Waals surface area contributed by atoms with Gasteiger partial charge < -0.3 is 10.5 Å². The normalized spacial score (nSPS) is 12.1. The summed E-state index contributed by atoms with van der Waals surface area (Å²) in [5, 5.41) is 6.97. The van der Waals surface area contributed by atoms with Crippen molar-refractivity contribution in [2.24, 2.45) is 5.73 Å². The molecular weight excluding hydrogens is 283 g/mol. The molecule has 3 N–H and O–H groups in total. The molecule has 5 nitrogen and oxygen atoms in total. The van der Waals surface area contributed by atoms with Gasteiger partial charge in [0.2, 0.25) is 0 Å². The highest BCUT2D eigenvalue weighted by molar-refractivity contribution is 5.54. The number of hydrogen-bond acceptors (Lipinski definition) is 4. The molecule has 0 radical (unpaired) electrons. The van der Waals surface area contributed by atoms with Gasteiger partial charge in [-0.25, -0.2) is 9.37 Å². The molecule has 0 aliphatic rings. The summed E-state index contributed by atoms with van der Waals surface area (Å²) < 4.78 is 18.1. The van der Waals surface area contributed by atoms with E-state index in [1.807, 2.05) is 24.3 Å². The van der Waals surface area contributed by atoms with Gasteiger partial charge in [0.15, 0.2) is 5.82 Å². The Kier molecular flexibility index (Phi) is 3.84. The number of nitrogens with one attached hydrogen (secondary N) is 1. The van der Waals surface area contributed by atoms with Crippen molar-refractivity contribution in [1.82, 2.24) is 15.2 Å². The Morgan fingerprint density at radius 1 is 1.18 bits per heavy atom. The predicted molar refractivity (Wildman–Crippen MR) is 80.8 cm³/mol. The average molecular weight is 298 g/mol. The van der Waals surface area contributed by atoms with E-state index in [1.165, 1.54) is 12.1 Å². The summed E-state index contributed by atoms with van der Waals surface area (Å²) in [6, 6.07) is 13.0. The molecule has 0 saturated heterocycles. The molecule has 22 heavy (non-hydrogen) atoms. The third-order valence-corrected chi connectivity index (χ3v) is 3.35. The Morgan fingerprint density at radius 2 is 1.95 bits per heavy atom. The van der Waals surface area contributed by atoms with Gasteiger partial charge >= 0.3 is 0 Å². The van der Waals surface area contributed by atoms with Crippen LogP contribution in [0.1, 0.15) is 17.4 Å². The number of nitrogens with two attached hydrogens (primary N) is 1. The average Bonchev–Trinajstić information content (AvgIpc) is 3.05. The lowest BCUT2D eigenvalue weighted by atomic mass is 10.1. The van der Waals surface area contributed by atoms with E-state index in [1.54, 1.807) is 19.2 Å². The van der Waals surface area contributed by atoms with Crippen LogP contribution in [0, 0.1) is 5.82 Å². The lowest BCUT2D eigenvalue weighted by molar-refractivity contribution is 0.414. The number of aromatic nitrogens is 3. The molecule has 0 amide bonds. The smallest absolute Gasteiger partial charge is 0.181 e. The van der Waals surface area contributed by atoms with Crippen molar-refractivity contribution < 1.29 is 9.13 Å². The number of methoxy groups -OCH3 is 1. The minimum atomic E-state index is -0.447. The number of rotatable bonds is 4. The summed E-state index contributed by atoms with van der Waals surface area (Å²) in [7, 11) is 1.60. The zero-order valence-corrected chi connectivity index (χ0v) is 12.0. The van der Waals surface area contributed by atoms with Gasteiger partial charge in [-0.05, 0) is 42.0 Å². The molecule has 112 valence electrons. The molecular formula is C16H15FN4O. The summed E-state index contributed by atoms with van der Waals surface area (Å²) in [5.74, 6) is 1.44. The van der Waals surface area contributed by atoms with Crippen molar-refractivity contribution in [3.8, 4) is 17.1 Å². The van der Waals surface area contributed by atoms with Crippen molar-refractivity contribution in [2.45, 2.75) is 6.04 Å². The fourth-order valence-corrected chi connectivity index (χ4v) is 2.13. The van der Waals surface area contributed by atoms with Crippen LogP contribution in [-0.2, 0) is 0 Å². The maximum atomic E-state index is 12.9. The van der Waals surface area contributed by atoms with Gasteiger partial charge in [-0.1, -0.05) is 12.1 Å². The van der Waals surface area contributed by atoms with Crippen molar-refractivity contribution >= 4 is 0 Å². The molecule has 3 rings (SSSR count). The maximum Gasteiger partial charge on any atom is 0.181 e. The quantitative estimate of drug-likeness (QED) is 0.776. The van der Waals surface area contributed by atoms with Crippen LogP contribution >= 0.6 is 0 Å². The number of hydrogen-bond donors (Lipinski definition) is 2. The van der Waals surface area contributed by atoms with E-state index in [0.717, 1.165) is 16.9 Å². The zero-order chi connectivity index (χ0) is 15.5. The molecule has 1 aromatic heterocycles. The van der Waals surface area contributed by atoms with Crippen molar-refractivity contribution in [3.63, 3.8) is 0 Å². The van der Waals surface area contributed by atoms with E-state index < -0.39 is 6.04 Å². The SMILES string of the molecule is COc1cccc([C@H](N)c2nc(-c3ccc(F)cc3)n[nH]2)c1. The lowest BCUT2D eigenvalue weighted by Gasteiger charge is -2.09. The Bertz CT molecular complexity index is 770. The minimum absolute atomic E-state index is 0.299. The molecule has 2 aromatic carbocycles. The fourth-order valence-electron chi connectivity index (χ4n) is 2.13. The standard InChI is InChI=1S/C16H15FN4O/c1-22-13-4-2-3-11(9-13)14(18)16-19-15(20-21-16)10-5-7-12(17)8-6-10/h2-9,14H,18H2,1H3,(H,19,20,21)/t14-/m0/s1. The second kappa shape index (κ2) is 5.95. The van der Waals surface area contributed by atoms with Crippen molar-refractivity contribution in [2.75, 3.05) is 7.11 Å². The van der Waals surface area contributed by atoms with E-state index in [-0.39, 0.29) is 5.82 Å². The lowest BCUT2D eigenvalue weighted by Crippen LogP contribution is -2.13. The highest BCUT2D eigenvalue weighted by Crippen LogP contribution is 2.23. The van der Waals surface area contributed by atoms with Crippen LogP contribution in [0.2, 0.25) is 0 Å². The minimum Gasteiger partial charge on any atom is -0.497 e. The number of benzene rings is 2. The molecule has 0 aliphatic carbocycles. The van der Waals surface area contributed by atoms with E-state index in [2.05, 4.69) is 15.2 Å². The van der Waals surface area contributed by atoms with E-state index in [4.69, 9.17) is 10.5 Å². The number of halogens is 1. The molecule has 0 aliphatic heterocycles. The first-order valence-corrected chi connectivity index (χ1v) is 6.75. The van der Waals surface area contributed by atoms with Gasteiger partial charge in [0.1, 0.15) is 17.4 Å². The highest BCUT2D eigenvalue weighted by atomic mass is 19.1. The van der Waals surface area contributed by atoms with Gasteiger partial charge in [-0.2, -0.15) is 5.10 Å². The van der Waals surface area contributed by atoms with Crippen LogP contribution in [-0.4, -0.2) is 22.3 Å². The largest absolute Gasteiger partial charge is 0.497 e. The topological polar surface area (TPSA) is 76.8 Å². The van der Waals surface area contributed by atoms with E-state index >= 15 is 0 Å². The molecule has 0 saturated carbocycles. The van der Waals surface area contributed by atoms with Crippen molar-refractivity contribution in [1.29, 1.82) is 0 Å². The van der Waals surface area contributed by atoms with Crippen LogP contribution in [0.4, 0.5) is 4.39 Å². The Hall–Kier alpha value is -2.73. The van der Waals surface area contributed by atoms with E-state index in [9.17, 15) is 4.39 Å². The first-order chi connectivity index (χ1) is 10.7. The van der Waals surface area contributed by atoms with E-state index in [0.29, 0.717) is 11.6 Å². The third-order valence-electron chi connectivity index (χ3n) is 3.35. The first-order valence-electron chi connectivity index (χ1n) is 6.75. The summed E-state index contributed by atoms with van der Waals surface area (Å²) in [4.78, 5) is 4.39. The highest BCUT2D eigenvalue weighted by Gasteiger charge is 2.15. The molecule has 3 aromatic rings. The van der Waals surface area contributed by atoms with Crippen molar-refractivity contribution in [3.05, 3.63) is 65.7 Å². The molecule has 0 unspecified atom stereocenters. The second-order valence-electron chi connectivity index (χ2n) is 4.81. The number of aromatic amines is 1. The Morgan fingerprint density at radius 3 is 2.68 bits per heavy atom. The van der Waals surface area contributed by atoms with Gasteiger partial charge in [0, 0.05) is 5.56 Å². The summed E-state index contributed by atoms with van der Waals surface area (Å²) in [6.45, 7) is 0. The van der Waals surface area contributed by atoms with Gasteiger partial charge in [0.25, 0.3) is 0 Å². The van der Waals surface area contributed by atoms with Gasteiger partial charge in [0.05, 0.1) is 13.2 Å². The summed E-state index contributed by atoms with van der Waals surface area (Å²) in [6.07, 6.45) is 0. The van der Waals surface area contributed by atoms with Crippen LogP contribution in [0.25, 0.3) is 11.4 Å². The number of ether oxygens (including phenoxy) is 1. The molecule has 6 heteroatoms. The van der Waals surface area contributed by atoms with Crippen LogP contribution in [0.5, 0.6) is 5.75 Å². The zero-order valence-electron chi connectivity index (χ0n) is 12.0. The fraction of sp³-hybridized carbons (Fsp3) is 0.125. The summed E-state index contributed by atoms with van der Waals surface area (Å²) >= 11 is 0. The summed E-state index contributed by atoms with van der Waals surface area (Å²) in [5.41, 5.74) is 7.79. The Labute approximate surface area is 127 Å². The monoisotopic (exact) mass is 298 g/mol. The van der Waals surface area contributed by atoms with Crippen LogP contribution < -0.4 is 10.5 Å². The molecule has 0 spiro atoms. The Balaban J connectivity index is 1.87. The number of H-pyrrole nitrogens is 1.